The molecule has 1 aromatic carbocycles. The highest BCUT2D eigenvalue weighted by Gasteiger charge is 2.32. The van der Waals surface area contributed by atoms with Crippen molar-refractivity contribution in [3.8, 4) is 5.75 Å². The predicted octanol–water partition coefficient (Wildman–Crippen LogP) is 5.48. The number of ether oxygens (including phenoxy) is 1. The molecule has 2 atom stereocenters. The van der Waals surface area contributed by atoms with Crippen molar-refractivity contribution in [1.29, 1.82) is 0 Å². The lowest BCUT2D eigenvalue weighted by Gasteiger charge is -2.37. The molecule has 0 radical (unpaired) electrons. The van der Waals surface area contributed by atoms with Crippen LogP contribution in [0.3, 0.4) is 0 Å². The third kappa shape index (κ3) is 6.51. The minimum absolute atomic E-state index is 0.153. The van der Waals surface area contributed by atoms with E-state index in [1.165, 1.54) is 51.7 Å². The van der Waals surface area contributed by atoms with E-state index in [0.29, 0.717) is 35.5 Å². The first kappa shape index (κ1) is 25.4. The van der Waals surface area contributed by atoms with Crippen molar-refractivity contribution in [3.63, 3.8) is 0 Å². The summed E-state index contributed by atoms with van der Waals surface area (Å²) in [5, 5.41) is 13.9. The number of benzene rings is 1. The van der Waals surface area contributed by atoms with Gasteiger partial charge in [-0.1, -0.05) is 26.2 Å². The number of nitrogens with one attached hydrogen (secondary N) is 4. The molecule has 192 valence electrons. The predicted molar refractivity (Wildman–Crippen MR) is 139 cm³/mol. The zero-order valence-electron chi connectivity index (χ0n) is 21.5. The van der Waals surface area contributed by atoms with Gasteiger partial charge in [0.2, 0.25) is 17.8 Å². The summed E-state index contributed by atoms with van der Waals surface area (Å²) in [4.78, 5) is 14.0. The van der Waals surface area contributed by atoms with Gasteiger partial charge in [-0.05, 0) is 70.5 Å². The van der Waals surface area contributed by atoms with Crippen LogP contribution in [-0.2, 0) is 0 Å². The van der Waals surface area contributed by atoms with Crippen LogP contribution in [0.15, 0.2) is 18.2 Å². The van der Waals surface area contributed by atoms with Gasteiger partial charge < -0.3 is 26.0 Å². The van der Waals surface area contributed by atoms with E-state index in [1.807, 2.05) is 0 Å². The maximum absolute atomic E-state index is 14.3. The molecule has 0 amide bonds. The normalized spacial score (nSPS) is 19.9. The van der Waals surface area contributed by atoms with Gasteiger partial charge in [0, 0.05) is 29.4 Å². The molecule has 4 rings (SSSR count). The third-order valence-corrected chi connectivity index (χ3v) is 7.44. The molecule has 2 unspecified atom stereocenters. The Labute approximate surface area is 208 Å². The van der Waals surface area contributed by atoms with Crippen molar-refractivity contribution in [1.82, 2.24) is 20.3 Å². The Hall–Kier alpha value is -2.68. The van der Waals surface area contributed by atoms with Gasteiger partial charge in [0.25, 0.3) is 0 Å². The molecule has 9 heteroatoms. The molecule has 1 saturated heterocycles. The number of rotatable bonds is 10. The molecule has 35 heavy (non-hydrogen) atoms. The van der Waals surface area contributed by atoms with Gasteiger partial charge >= 0.3 is 0 Å². The van der Waals surface area contributed by atoms with Gasteiger partial charge in [-0.3, -0.25) is 0 Å². The standard InChI is InChI=1S/C26H40FN7O/c1-5-20(21-12-9-15-28-21)30-24-31-23(29-18-13-14-22(35-4)19(27)16-18)32-25(33-24)34-26(2,3)17-10-7-6-8-11-17/h13-14,16-17,20-21,28H,5-12,15H2,1-4H3,(H3,29,30,31,32,33,34). The van der Waals surface area contributed by atoms with E-state index in [9.17, 15) is 4.39 Å². The topological polar surface area (TPSA) is 96.0 Å². The van der Waals surface area contributed by atoms with Gasteiger partial charge in [-0.15, -0.1) is 0 Å². The Morgan fingerprint density at radius 1 is 1.06 bits per heavy atom. The molecule has 8 nitrogen and oxygen atoms in total. The first-order chi connectivity index (χ1) is 16.9. The van der Waals surface area contributed by atoms with Crippen molar-refractivity contribution < 1.29 is 9.13 Å². The number of anilines is 4. The Kier molecular flexibility index (Phi) is 8.26. The van der Waals surface area contributed by atoms with Gasteiger partial charge in [0.15, 0.2) is 11.6 Å². The lowest BCUT2D eigenvalue weighted by atomic mass is 9.77. The van der Waals surface area contributed by atoms with Crippen LogP contribution in [0, 0.1) is 11.7 Å². The van der Waals surface area contributed by atoms with Crippen molar-refractivity contribution in [2.24, 2.45) is 5.92 Å². The molecular weight excluding hydrogens is 445 g/mol. The van der Waals surface area contributed by atoms with Crippen LogP contribution in [0.4, 0.5) is 27.9 Å². The summed E-state index contributed by atoms with van der Waals surface area (Å²) in [6, 6.07) is 5.31. The van der Waals surface area contributed by atoms with Crippen molar-refractivity contribution in [2.75, 3.05) is 29.6 Å². The molecule has 0 spiro atoms. The van der Waals surface area contributed by atoms with Crippen LogP contribution < -0.4 is 26.0 Å². The van der Waals surface area contributed by atoms with Crippen molar-refractivity contribution in [2.45, 2.75) is 89.8 Å². The molecule has 2 aliphatic rings. The minimum atomic E-state index is -0.444. The van der Waals surface area contributed by atoms with Crippen molar-refractivity contribution in [3.05, 3.63) is 24.0 Å². The van der Waals surface area contributed by atoms with Crippen LogP contribution in [0.2, 0.25) is 0 Å². The van der Waals surface area contributed by atoms with Crippen LogP contribution in [0.25, 0.3) is 0 Å². The summed E-state index contributed by atoms with van der Waals surface area (Å²) < 4.78 is 19.3. The zero-order chi connectivity index (χ0) is 24.8. The fraction of sp³-hybridized carbons (Fsp3) is 0.654. The number of hydrogen-bond donors (Lipinski definition) is 4. The summed E-state index contributed by atoms with van der Waals surface area (Å²) in [6.45, 7) is 7.66. The SMILES string of the molecule is CCC(Nc1nc(Nc2ccc(OC)c(F)c2)nc(NC(C)(C)C2CCCCC2)n1)C1CCCN1. The molecule has 4 N–H and O–H groups in total. The average molecular weight is 486 g/mol. The fourth-order valence-electron chi connectivity index (χ4n) is 5.35. The fourth-order valence-corrected chi connectivity index (χ4v) is 5.35. The number of halogens is 1. The second-order valence-corrected chi connectivity index (χ2v) is 10.3. The average Bonchev–Trinajstić information content (AvgIpc) is 3.38. The molecule has 0 bridgehead atoms. The lowest BCUT2D eigenvalue weighted by Crippen LogP contribution is -2.42. The number of nitrogens with zero attached hydrogens (tertiary/aromatic N) is 3. The van der Waals surface area contributed by atoms with E-state index in [4.69, 9.17) is 9.72 Å². The number of methoxy groups -OCH3 is 1. The number of aromatic nitrogens is 3. The summed E-state index contributed by atoms with van der Waals surface area (Å²) >= 11 is 0. The first-order valence-corrected chi connectivity index (χ1v) is 13.0. The monoisotopic (exact) mass is 485 g/mol. The van der Waals surface area contributed by atoms with Crippen LogP contribution in [0.1, 0.15) is 72.1 Å². The van der Waals surface area contributed by atoms with Gasteiger partial charge in [0.1, 0.15) is 0 Å². The molecule has 1 aliphatic carbocycles. The highest BCUT2D eigenvalue weighted by atomic mass is 19.1. The smallest absolute Gasteiger partial charge is 0.233 e. The third-order valence-electron chi connectivity index (χ3n) is 7.44. The highest BCUT2D eigenvalue weighted by Crippen LogP contribution is 2.34. The largest absolute Gasteiger partial charge is 0.494 e. The van der Waals surface area contributed by atoms with Gasteiger partial charge in [-0.2, -0.15) is 15.0 Å². The molecule has 1 aliphatic heterocycles. The second kappa shape index (κ2) is 11.4. The van der Waals surface area contributed by atoms with E-state index < -0.39 is 5.82 Å². The molecule has 1 saturated carbocycles. The van der Waals surface area contributed by atoms with E-state index in [1.54, 1.807) is 12.1 Å². The Balaban J connectivity index is 1.59. The molecule has 1 aromatic heterocycles. The van der Waals surface area contributed by atoms with Crippen molar-refractivity contribution >= 4 is 23.5 Å². The first-order valence-electron chi connectivity index (χ1n) is 13.0. The highest BCUT2D eigenvalue weighted by molar-refractivity contribution is 5.57. The van der Waals surface area contributed by atoms with E-state index >= 15 is 0 Å². The Morgan fingerprint density at radius 3 is 2.46 bits per heavy atom. The van der Waals surface area contributed by atoms with Crippen LogP contribution in [0.5, 0.6) is 5.75 Å². The maximum Gasteiger partial charge on any atom is 0.233 e. The maximum atomic E-state index is 14.3. The number of hydrogen-bond acceptors (Lipinski definition) is 8. The van der Waals surface area contributed by atoms with Gasteiger partial charge in [0.05, 0.1) is 7.11 Å². The second-order valence-electron chi connectivity index (χ2n) is 10.3. The summed E-state index contributed by atoms with van der Waals surface area (Å²) in [7, 11) is 1.45. The van der Waals surface area contributed by atoms with E-state index in [-0.39, 0.29) is 17.3 Å². The minimum Gasteiger partial charge on any atom is -0.494 e. The van der Waals surface area contributed by atoms with E-state index in [0.717, 1.165) is 19.4 Å². The molecule has 2 heterocycles. The molecule has 2 fully saturated rings. The van der Waals surface area contributed by atoms with E-state index in [2.05, 4.69) is 52.0 Å². The Bertz CT molecular complexity index is 974. The molecule has 2 aromatic rings. The molecular formula is C26H40FN7O. The summed E-state index contributed by atoms with van der Waals surface area (Å²) in [5.74, 6) is 1.70. The van der Waals surface area contributed by atoms with Crippen LogP contribution >= 0.6 is 0 Å². The zero-order valence-corrected chi connectivity index (χ0v) is 21.5. The lowest BCUT2D eigenvalue weighted by molar-refractivity contribution is 0.257. The van der Waals surface area contributed by atoms with Crippen LogP contribution in [-0.4, -0.2) is 46.2 Å². The van der Waals surface area contributed by atoms with Gasteiger partial charge in [-0.25, -0.2) is 4.39 Å². The quantitative estimate of drug-likeness (QED) is 0.352. The summed E-state index contributed by atoms with van der Waals surface area (Å²) in [6.07, 6.45) is 9.52. The Morgan fingerprint density at radius 2 is 1.80 bits per heavy atom. The summed E-state index contributed by atoms with van der Waals surface area (Å²) in [5.41, 5.74) is 0.391.